The van der Waals surface area contributed by atoms with Crippen LogP contribution in [0.25, 0.3) is 0 Å². The van der Waals surface area contributed by atoms with Gasteiger partial charge in [-0.05, 0) is 18.6 Å². The van der Waals surface area contributed by atoms with Crippen LogP contribution < -0.4 is 4.74 Å². The van der Waals surface area contributed by atoms with Crippen molar-refractivity contribution in [3.05, 3.63) is 23.8 Å². The van der Waals surface area contributed by atoms with E-state index in [9.17, 15) is 9.90 Å². The van der Waals surface area contributed by atoms with Crippen LogP contribution in [0.4, 0.5) is 0 Å². The van der Waals surface area contributed by atoms with Crippen LogP contribution in [0.2, 0.25) is 0 Å². The minimum absolute atomic E-state index is 0.0554. The Labute approximate surface area is 106 Å². The van der Waals surface area contributed by atoms with Crippen LogP contribution >= 0.6 is 0 Å². The lowest BCUT2D eigenvalue weighted by Gasteiger charge is -2.17. The molecule has 0 saturated carbocycles. The van der Waals surface area contributed by atoms with E-state index in [1.807, 2.05) is 0 Å². The maximum atomic E-state index is 12.2. The van der Waals surface area contributed by atoms with Gasteiger partial charge in [-0.15, -0.1) is 0 Å². The van der Waals surface area contributed by atoms with Crippen molar-refractivity contribution in [3.8, 4) is 11.5 Å². The van der Waals surface area contributed by atoms with Gasteiger partial charge >= 0.3 is 0 Å². The number of rotatable bonds is 3. The molecular formula is C13H17NO4. The van der Waals surface area contributed by atoms with Gasteiger partial charge in [0.05, 0.1) is 18.8 Å². The number of benzene rings is 1. The Morgan fingerprint density at radius 1 is 1.44 bits per heavy atom. The Kier molecular flexibility index (Phi) is 3.72. The number of hydrogen-bond acceptors (Lipinski definition) is 4. The monoisotopic (exact) mass is 251 g/mol. The van der Waals surface area contributed by atoms with Crippen LogP contribution in [0.5, 0.6) is 11.5 Å². The molecule has 5 heteroatoms. The van der Waals surface area contributed by atoms with Gasteiger partial charge in [0.1, 0.15) is 11.5 Å². The highest BCUT2D eigenvalue weighted by Gasteiger charge is 2.28. The molecule has 0 aliphatic carbocycles. The molecule has 1 aromatic carbocycles. The first-order valence-electron chi connectivity index (χ1n) is 5.84. The summed E-state index contributed by atoms with van der Waals surface area (Å²) in [4.78, 5) is 13.9. The van der Waals surface area contributed by atoms with Gasteiger partial charge < -0.3 is 19.5 Å². The highest BCUT2D eigenvalue weighted by Crippen LogP contribution is 2.26. The maximum Gasteiger partial charge on any atom is 0.257 e. The maximum absolute atomic E-state index is 12.2. The lowest BCUT2D eigenvalue weighted by Crippen LogP contribution is -2.29. The third kappa shape index (κ3) is 2.41. The summed E-state index contributed by atoms with van der Waals surface area (Å²) in [5, 5.41) is 9.82. The summed E-state index contributed by atoms with van der Waals surface area (Å²) in [5.41, 5.74) is 0.299. The van der Waals surface area contributed by atoms with E-state index in [2.05, 4.69) is 0 Å². The molecule has 1 atom stereocenters. The van der Waals surface area contributed by atoms with Crippen molar-refractivity contribution in [2.75, 3.05) is 27.3 Å². The number of likely N-dealkylation sites (tertiary alicyclic amines) is 1. The summed E-state index contributed by atoms with van der Waals surface area (Å²) >= 11 is 0. The summed E-state index contributed by atoms with van der Waals surface area (Å²) in [6.45, 7) is 1.23. The normalized spacial score (nSPS) is 19.0. The third-order valence-electron chi connectivity index (χ3n) is 3.20. The van der Waals surface area contributed by atoms with Gasteiger partial charge in [0.25, 0.3) is 5.91 Å². The van der Waals surface area contributed by atoms with E-state index < -0.39 is 0 Å². The van der Waals surface area contributed by atoms with Crippen molar-refractivity contribution in [1.29, 1.82) is 0 Å². The highest BCUT2D eigenvalue weighted by atomic mass is 16.5. The van der Waals surface area contributed by atoms with Crippen molar-refractivity contribution in [1.82, 2.24) is 4.90 Å². The van der Waals surface area contributed by atoms with Crippen LogP contribution in [-0.4, -0.2) is 49.3 Å². The van der Waals surface area contributed by atoms with Gasteiger partial charge in [-0.3, -0.25) is 4.79 Å². The molecule has 1 amide bonds. The molecule has 2 rings (SSSR count). The lowest BCUT2D eigenvalue weighted by molar-refractivity contribution is 0.0721. The Hall–Kier alpha value is -1.75. The number of aromatic hydroxyl groups is 1. The van der Waals surface area contributed by atoms with Gasteiger partial charge in [0.2, 0.25) is 0 Å². The second-order valence-electron chi connectivity index (χ2n) is 4.28. The van der Waals surface area contributed by atoms with E-state index in [1.54, 1.807) is 24.1 Å². The first-order valence-corrected chi connectivity index (χ1v) is 5.84. The molecule has 5 nitrogen and oxygen atoms in total. The zero-order valence-corrected chi connectivity index (χ0v) is 10.5. The molecule has 1 saturated heterocycles. The fourth-order valence-electron chi connectivity index (χ4n) is 2.09. The molecular weight excluding hydrogens is 234 g/mol. The average molecular weight is 251 g/mol. The van der Waals surface area contributed by atoms with Gasteiger partial charge in [0, 0.05) is 26.3 Å². The van der Waals surface area contributed by atoms with Gasteiger partial charge in [0.15, 0.2) is 0 Å². The molecule has 1 aliphatic rings. The molecule has 0 spiro atoms. The number of methoxy groups -OCH3 is 2. The first kappa shape index (κ1) is 12.7. The summed E-state index contributed by atoms with van der Waals surface area (Å²) < 4.78 is 10.2. The SMILES string of the molecule is COc1ccc(C(=O)N2CC[C@H](OC)C2)c(O)c1. The van der Waals surface area contributed by atoms with E-state index in [-0.39, 0.29) is 17.8 Å². The third-order valence-corrected chi connectivity index (χ3v) is 3.20. The van der Waals surface area contributed by atoms with Gasteiger partial charge in [-0.25, -0.2) is 0 Å². The number of phenols is 1. The molecule has 98 valence electrons. The quantitative estimate of drug-likeness (QED) is 0.878. The highest BCUT2D eigenvalue weighted by molar-refractivity contribution is 5.97. The van der Waals surface area contributed by atoms with E-state index in [0.29, 0.717) is 24.4 Å². The molecule has 1 aromatic rings. The Balaban J connectivity index is 2.14. The number of hydrogen-bond donors (Lipinski definition) is 1. The van der Waals surface area contributed by atoms with Crippen LogP contribution in [0, 0.1) is 0 Å². The van der Waals surface area contributed by atoms with Crippen LogP contribution in [0.15, 0.2) is 18.2 Å². The molecule has 0 bridgehead atoms. The molecule has 1 N–H and O–H groups in total. The number of ether oxygens (including phenoxy) is 2. The molecule has 1 fully saturated rings. The zero-order valence-electron chi connectivity index (χ0n) is 10.5. The van der Waals surface area contributed by atoms with E-state index in [1.165, 1.54) is 13.2 Å². The average Bonchev–Trinajstić information content (AvgIpc) is 2.86. The second-order valence-corrected chi connectivity index (χ2v) is 4.28. The lowest BCUT2D eigenvalue weighted by atomic mass is 10.1. The molecule has 1 heterocycles. The van der Waals surface area contributed by atoms with E-state index in [0.717, 1.165) is 6.42 Å². The molecule has 18 heavy (non-hydrogen) atoms. The summed E-state index contributed by atoms with van der Waals surface area (Å²) in [6.07, 6.45) is 0.924. The predicted molar refractivity (Wildman–Crippen MR) is 66.0 cm³/mol. The van der Waals surface area contributed by atoms with Crippen LogP contribution in [0.1, 0.15) is 16.8 Å². The van der Waals surface area contributed by atoms with Gasteiger partial charge in [-0.2, -0.15) is 0 Å². The molecule has 1 aliphatic heterocycles. The van der Waals surface area contributed by atoms with Crippen LogP contribution in [-0.2, 0) is 4.74 Å². The Bertz CT molecular complexity index is 447. The van der Waals surface area contributed by atoms with Crippen molar-refractivity contribution < 1.29 is 19.4 Å². The largest absolute Gasteiger partial charge is 0.507 e. The zero-order chi connectivity index (χ0) is 13.1. The van der Waals surface area contributed by atoms with E-state index in [4.69, 9.17) is 9.47 Å². The van der Waals surface area contributed by atoms with Gasteiger partial charge in [-0.1, -0.05) is 0 Å². The van der Waals surface area contributed by atoms with Crippen molar-refractivity contribution in [2.24, 2.45) is 0 Å². The number of phenolic OH excluding ortho intramolecular Hbond substituents is 1. The fraction of sp³-hybridized carbons (Fsp3) is 0.462. The molecule has 0 radical (unpaired) electrons. The summed E-state index contributed by atoms with van der Waals surface area (Å²) in [5.74, 6) is 0.301. The number of amides is 1. The topological polar surface area (TPSA) is 59.0 Å². The minimum Gasteiger partial charge on any atom is -0.507 e. The number of carbonyl (C=O) groups excluding carboxylic acids is 1. The van der Waals surface area contributed by atoms with Crippen LogP contribution in [0.3, 0.4) is 0 Å². The summed E-state index contributed by atoms with van der Waals surface area (Å²) in [6, 6.07) is 4.69. The Morgan fingerprint density at radius 3 is 2.78 bits per heavy atom. The minimum atomic E-state index is -0.172. The number of nitrogens with zero attached hydrogens (tertiary/aromatic N) is 1. The smallest absolute Gasteiger partial charge is 0.257 e. The predicted octanol–water partition coefficient (Wildman–Crippen LogP) is 1.26. The van der Waals surface area contributed by atoms with Crippen molar-refractivity contribution >= 4 is 5.91 Å². The van der Waals surface area contributed by atoms with Crippen molar-refractivity contribution in [3.63, 3.8) is 0 Å². The van der Waals surface area contributed by atoms with E-state index >= 15 is 0 Å². The molecule has 0 aromatic heterocycles. The molecule has 0 unspecified atom stereocenters. The fourth-order valence-corrected chi connectivity index (χ4v) is 2.09. The first-order chi connectivity index (χ1) is 8.65. The number of carbonyl (C=O) groups is 1. The second kappa shape index (κ2) is 5.27. The standard InChI is InChI=1S/C13H17NO4/c1-17-9-3-4-11(12(15)7-9)13(16)14-6-5-10(8-14)18-2/h3-4,7,10,15H,5-6,8H2,1-2H3/t10-/m0/s1. The Morgan fingerprint density at radius 2 is 2.22 bits per heavy atom. The summed E-state index contributed by atoms with van der Waals surface area (Å²) in [7, 11) is 3.16. The van der Waals surface area contributed by atoms with Crippen molar-refractivity contribution in [2.45, 2.75) is 12.5 Å².